The normalized spacial score (nSPS) is 12.3. The molecule has 2 nitrogen and oxygen atoms in total. The lowest BCUT2D eigenvalue weighted by molar-refractivity contribution is -0.137. The fraction of sp³-hybridized carbons (Fsp3) is 0.133. The molecule has 0 atom stereocenters. The number of ether oxygens (including phenoxy) is 1. The van der Waals surface area contributed by atoms with E-state index in [-0.39, 0.29) is 6.61 Å². The summed E-state index contributed by atoms with van der Waals surface area (Å²) in [5, 5.41) is 7.15. The Kier molecular flexibility index (Phi) is 6.31. The molecule has 38 heavy (non-hydrogen) atoms. The van der Waals surface area contributed by atoms with Crippen molar-refractivity contribution in [3.05, 3.63) is 102 Å². The van der Waals surface area contributed by atoms with Gasteiger partial charge in [0.1, 0.15) is 5.75 Å². The second-order valence-electron chi connectivity index (χ2n) is 8.85. The van der Waals surface area contributed by atoms with E-state index in [1.54, 1.807) is 48.5 Å². The van der Waals surface area contributed by atoms with Crippen LogP contribution >= 0.6 is 0 Å². The minimum Gasteiger partial charge on any atom is -0.497 e. The fourth-order valence-electron chi connectivity index (χ4n) is 4.78. The third-order valence-electron chi connectivity index (χ3n) is 6.58. The Morgan fingerprint density at radius 3 is 1.32 bits per heavy atom. The summed E-state index contributed by atoms with van der Waals surface area (Å²) in [4.78, 5) is 0. The van der Waals surface area contributed by atoms with Gasteiger partial charge in [-0.3, -0.25) is 0 Å². The molecule has 0 saturated carbocycles. The summed E-state index contributed by atoms with van der Waals surface area (Å²) in [6.45, 7) is -0.213. The summed E-state index contributed by atoms with van der Waals surface area (Å²) in [6.07, 6.45) is -9.83. The van der Waals surface area contributed by atoms with Gasteiger partial charge in [0.15, 0.2) is 0 Å². The quantitative estimate of drug-likeness (QED) is 0.187. The molecule has 8 heteroatoms. The van der Waals surface area contributed by atoms with Crippen LogP contribution in [-0.2, 0) is 19.0 Å². The van der Waals surface area contributed by atoms with Gasteiger partial charge < -0.3 is 9.84 Å². The summed E-state index contributed by atoms with van der Waals surface area (Å²) in [6, 6.07) is 20.2. The molecule has 1 N–H and O–H groups in total. The van der Waals surface area contributed by atoms with Gasteiger partial charge in [0.2, 0.25) is 0 Å². The highest BCUT2D eigenvalue weighted by molar-refractivity contribution is 6.08. The van der Waals surface area contributed by atoms with E-state index in [2.05, 4.69) is 0 Å². The smallest absolute Gasteiger partial charge is 0.417 e. The van der Waals surface area contributed by atoms with Gasteiger partial charge in [0, 0.05) is 0 Å². The van der Waals surface area contributed by atoms with Crippen molar-refractivity contribution in [2.75, 3.05) is 7.11 Å². The molecule has 0 spiro atoms. The first-order valence-electron chi connectivity index (χ1n) is 11.5. The first-order chi connectivity index (χ1) is 18.0. The summed E-state index contributed by atoms with van der Waals surface area (Å²) in [7, 11) is 1.47. The van der Waals surface area contributed by atoms with Crippen molar-refractivity contribution < 1.29 is 36.2 Å². The van der Waals surface area contributed by atoms with Gasteiger partial charge in [-0.05, 0) is 73.6 Å². The maximum Gasteiger partial charge on any atom is 0.417 e. The molecule has 0 aliphatic rings. The van der Waals surface area contributed by atoms with Gasteiger partial charge in [-0.25, -0.2) is 0 Å². The third kappa shape index (κ3) is 4.56. The van der Waals surface area contributed by atoms with E-state index < -0.39 is 45.0 Å². The van der Waals surface area contributed by atoms with Crippen LogP contribution in [0.15, 0.2) is 84.9 Å². The van der Waals surface area contributed by atoms with Crippen molar-refractivity contribution in [3.8, 4) is 28.0 Å². The number of methoxy groups -OCH3 is 1. The molecule has 0 fully saturated rings. The molecule has 5 aromatic rings. The molecule has 5 rings (SSSR count). The molecule has 0 aromatic heterocycles. The van der Waals surface area contributed by atoms with Crippen molar-refractivity contribution in [1.82, 2.24) is 0 Å². The Balaban J connectivity index is 1.84. The Hall–Kier alpha value is -4.04. The average Bonchev–Trinajstić information content (AvgIpc) is 2.89. The van der Waals surface area contributed by atoms with Crippen molar-refractivity contribution in [3.63, 3.8) is 0 Å². The Morgan fingerprint density at radius 1 is 0.553 bits per heavy atom. The molecule has 0 heterocycles. The molecule has 0 aliphatic heterocycles. The topological polar surface area (TPSA) is 29.5 Å². The fourth-order valence-corrected chi connectivity index (χ4v) is 4.78. The number of aliphatic hydroxyl groups excluding tert-OH is 1. The van der Waals surface area contributed by atoms with Gasteiger partial charge in [-0.15, -0.1) is 0 Å². The monoisotopic (exact) mass is 526 g/mol. The minimum absolute atomic E-state index is 0.213. The summed E-state index contributed by atoms with van der Waals surface area (Å²) >= 11 is 0. The predicted octanol–water partition coefficient (Wildman–Crippen LogP) is 8.87. The van der Waals surface area contributed by atoms with Crippen molar-refractivity contribution >= 4 is 21.5 Å². The maximum atomic E-state index is 14.5. The maximum absolute atomic E-state index is 14.5. The van der Waals surface area contributed by atoms with Crippen LogP contribution in [0.5, 0.6) is 5.75 Å². The Bertz CT molecular complexity index is 1510. The zero-order valence-corrected chi connectivity index (χ0v) is 19.9. The van der Waals surface area contributed by atoms with E-state index in [0.29, 0.717) is 33.6 Å². The van der Waals surface area contributed by atoms with Gasteiger partial charge in [-0.2, -0.15) is 26.3 Å². The van der Waals surface area contributed by atoms with Crippen LogP contribution in [0.2, 0.25) is 0 Å². The number of rotatable bonds is 4. The minimum atomic E-state index is -4.92. The van der Waals surface area contributed by atoms with Crippen LogP contribution in [-0.4, -0.2) is 12.2 Å². The van der Waals surface area contributed by atoms with E-state index in [1.165, 1.54) is 19.2 Å². The first-order valence-corrected chi connectivity index (χ1v) is 11.5. The molecule has 0 radical (unpaired) electrons. The molecule has 0 saturated heterocycles. The molecular weight excluding hydrogens is 506 g/mol. The summed E-state index contributed by atoms with van der Waals surface area (Å²) in [5.74, 6) is 0.540. The van der Waals surface area contributed by atoms with Crippen LogP contribution in [0.3, 0.4) is 0 Å². The molecule has 0 unspecified atom stereocenters. The molecule has 5 aromatic carbocycles. The number of benzene rings is 5. The van der Waals surface area contributed by atoms with Crippen LogP contribution in [0.25, 0.3) is 43.8 Å². The van der Waals surface area contributed by atoms with Crippen LogP contribution in [0.4, 0.5) is 26.3 Å². The number of halogens is 6. The average molecular weight is 526 g/mol. The van der Waals surface area contributed by atoms with E-state index in [9.17, 15) is 31.4 Å². The highest BCUT2D eigenvalue weighted by Crippen LogP contribution is 2.48. The third-order valence-corrected chi connectivity index (χ3v) is 6.58. The second kappa shape index (κ2) is 9.36. The van der Waals surface area contributed by atoms with Crippen molar-refractivity contribution in [1.29, 1.82) is 0 Å². The summed E-state index contributed by atoms with van der Waals surface area (Å²) < 4.78 is 92.1. The standard InChI is InChI=1S/C30H20F6O2/c1-38-22-10-6-19(7-11-22)21-9-13-24-26(15-21)28(30(34,35)36)23-12-8-20(14-25(23)27(24)29(31,32)33)18-4-2-17(16-37)3-5-18/h2-15,37H,16H2,1H3. The van der Waals surface area contributed by atoms with E-state index in [0.717, 1.165) is 24.3 Å². The van der Waals surface area contributed by atoms with E-state index >= 15 is 0 Å². The van der Waals surface area contributed by atoms with Gasteiger partial charge >= 0.3 is 12.4 Å². The van der Waals surface area contributed by atoms with Gasteiger partial charge in [0.05, 0.1) is 24.8 Å². The van der Waals surface area contributed by atoms with Crippen molar-refractivity contribution in [2.45, 2.75) is 19.0 Å². The van der Waals surface area contributed by atoms with Gasteiger partial charge in [0.25, 0.3) is 0 Å². The Morgan fingerprint density at radius 2 is 0.947 bits per heavy atom. The molecular formula is C30H20F6O2. The highest BCUT2D eigenvalue weighted by Gasteiger charge is 2.41. The number of hydrogen-bond acceptors (Lipinski definition) is 2. The second-order valence-corrected chi connectivity index (χ2v) is 8.85. The van der Waals surface area contributed by atoms with Crippen LogP contribution in [0, 0.1) is 0 Å². The van der Waals surface area contributed by atoms with E-state index in [1.807, 2.05) is 0 Å². The van der Waals surface area contributed by atoms with Gasteiger partial charge in [-0.1, -0.05) is 60.7 Å². The molecule has 194 valence electrons. The largest absolute Gasteiger partial charge is 0.497 e. The lowest BCUT2D eigenvalue weighted by atomic mass is 9.87. The predicted molar refractivity (Wildman–Crippen MR) is 135 cm³/mol. The number of fused-ring (bicyclic) bond motifs is 2. The number of aliphatic hydroxyl groups is 1. The Labute approximate surface area is 213 Å². The molecule has 0 amide bonds. The highest BCUT2D eigenvalue weighted by atomic mass is 19.4. The molecule has 0 aliphatic carbocycles. The SMILES string of the molecule is COc1ccc(-c2ccc3c(C(F)(F)F)c4cc(-c5ccc(CO)cc5)ccc4c(C(F)(F)F)c3c2)cc1. The summed E-state index contributed by atoms with van der Waals surface area (Å²) in [5.41, 5.74) is 0.0904. The van der Waals surface area contributed by atoms with Crippen molar-refractivity contribution in [2.24, 2.45) is 0 Å². The van der Waals surface area contributed by atoms with Crippen LogP contribution in [0.1, 0.15) is 16.7 Å². The van der Waals surface area contributed by atoms with E-state index in [4.69, 9.17) is 4.74 Å². The lowest BCUT2D eigenvalue weighted by Gasteiger charge is -2.21. The number of hydrogen-bond donors (Lipinski definition) is 1. The zero-order chi connectivity index (χ0) is 27.2. The lowest BCUT2D eigenvalue weighted by Crippen LogP contribution is -2.13. The molecule has 0 bridgehead atoms. The van der Waals surface area contributed by atoms with Crippen LogP contribution < -0.4 is 4.74 Å². The number of alkyl halides is 6. The first kappa shape index (κ1) is 25.6. The zero-order valence-electron chi connectivity index (χ0n) is 19.9.